The normalized spacial score (nSPS) is 13.8. The van der Waals surface area contributed by atoms with E-state index in [0.717, 1.165) is 48.8 Å². The smallest absolute Gasteiger partial charge is 0.220 e. The summed E-state index contributed by atoms with van der Waals surface area (Å²) in [6.45, 7) is 5.34. The molecule has 0 saturated carbocycles. The fraction of sp³-hybridized carbons (Fsp3) is 0.381. The number of fused-ring (bicyclic) bond motifs is 1. The van der Waals surface area contributed by atoms with Crippen LogP contribution in [-0.4, -0.2) is 31.8 Å². The van der Waals surface area contributed by atoms with Gasteiger partial charge in [0.25, 0.3) is 0 Å². The minimum absolute atomic E-state index is 0.0517. The van der Waals surface area contributed by atoms with E-state index < -0.39 is 0 Å². The molecule has 7 nitrogen and oxygen atoms in total. The molecule has 28 heavy (non-hydrogen) atoms. The van der Waals surface area contributed by atoms with E-state index in [-0.39, 0.29) is 5.91 Å². The summed E-state index contributed by atoms with van der Waals surface area (Å²) >= 11 is 0. The van der Waals surface area contributed by atoms with Crippen LogP contribution in [0.4, 0.5) is 0 Å². The molecule has 2 N–H and O–H groups in total. The molecular formula is C21H26N6O. The predicted octanol–water partition coefficient (Wildman–Crippen LogP) is 2.12. The first-order valence-corrected chi connectivity index (χ1v) is 9.81. The van der Waals surface area contributed by atoms with E-state index in [4.69, 9.17) is 0 Å². The summed E-state index contributed by atoms with van der Waals surface area (Å²) in [5.41, 5.74) is 4.35. The lowest BCUT2D eigenvalue weighted by atomic mass is 10.2. The van der Waals surface area contributed by atoms with Crippen LogP contribution in [0.2, 0.25) is 0 Å². The highest BCUT2D eigenvalue weighted by molar-refractivity contribution is 5.76. The van der Waals surface area contributed by atoms with Crippen molar-refractivity contribution in [3.05, 3.63) is 65.5 Å². The largest absolute Gasteiger partial charge is 0.352 e. The average molecular weight is 378 g/mol. The molecule has 0 radical (unpaired) electrons. The third-order valence-corrected chi connectivity index (χ3v) is 5.08. The average Bonchev–Trinajstić information content (AvgIpc) is 3.25. The zero-order chi connectivity index (χ0) is 19.3. The van der Waals surface area contributed by atoms with E-state index >= 15 is 0 Å². The van der Waals surface area contributed by atoms with Crippen molar-refractivity contribution in [2.24, 2.45) is 0 Å². The molecule has 3 aromatic rings. The Balaban J connectivity index is 1.26. The van der Waals surface area contributed by atoms with Gasteiger partial charge in [-0.3, -0.25) is 9.48 Å². The van der Waals surface area contributed by atoms with E-state index in [9.17, 15) is 4.79 Å². The molecule has 0 bridgehead atoms. The van der Waals surface area contributed by atoms with E-state index in [1.165, 1.54) is 5.69 Å². The second-order valence-corrected chi connectivity index (χ2v) is 7.17. The number of hydrogen-bond donors (Lipinski definition) is 2. The van der Waals surface area contributed by atoms with E-state index in [2.05, 4.69) is 31.5 Å². The van der Waals surface area contributed by atoms with Gasteiger partial charge in [0.05, 0.1) is 11.4 Å². The topological polar surface area (TPSA) is 76.8 Å². The first-order chi connectivity index (χ1) is 13.7. The maximum atomic E-state index is 12.2. The van der Waals surface area contributed by atoms with Crippen LogP contribution in [0, 0.1) is 6.92 Å². The fourth-order valence-electron chi connectivity index (χ4n) is 3.50. The highest BCUT2D eigenvalue weighted by Crippen LogP contribution is 2.12. The second kappa shape index (κ2) is 8.39. The van der Waals surface area contributed by atoms with Crippen molar-refractivity contribution in [2.45, 2.75) is 45.8 Å². The van der Waals surface area contributed by atoms with Crippen molar-refractivity contribution >= 4 is 5.91 Å². The van der Waals surface area contributed by atoms with Gasteiger partial charge in [0.15, 0.2) is 0 Å². The van der Waals surface area contributed by atoms with Crippen LogP contribution in [0.15, 0.2) is 42.7 Å². The molecule has 0 spiro atoms. The highest BCUT2D eigenvalue weighted by Gasteiger charge is 2.12. The van der Waals surface area contributed by atoms with Gasteiger partial charge in [-0.15, -0.1) is 0 Å². The number of carbonyl (C=O) groups excluding carboxylic acids is 1. The van der Waals surface area contributed by atoms with Crippen LogP contribution in [-0.2, 0) is 30.8 Å². The SMILES string of the molecule is Cc1nccn1-c1ccc(CNC(=O)CCc2cc3n(n2)CCCNC3)cc1. The van der Waals surface area contributed by atoms with Gasteiger partial charge < -0.3 is 15.2 Å². The Bertz CT molecular complexity index is 917. The number of benzene rings is 1. The molecule has 1 aliphatic rings. The first kappa shape index (κ1) is 18.4. The molecule has 0 unspecified atom stereocenters. The van der Waals surface area contributed by atoms with Gasteiger partial charge >= 0.3 is 0 Å². The Labute approximate surface area is 164 Å². The summed E-state index contributed by atoms with van der Waals surface area (Å²) in [6, 6.07) is 10.3. The van der Waals surface area contributed by atoms with Gasteiger partial charge in [-0.05, 0) is 43.7 Å². The number of rotatable bonds is 6. The predicted molar refractivity (Wildman–Crippen MR) is 107 cm³/mol. The lowest BCUT2D eigenvalue weighted by Gasteiger charge is -2.08. The summed E-state index contributed by atoms with van der Waals surface area (Å²) in [4.78, 5) is 16.5. The molecule has 7 heteroatoms. The number of hydrogen-bond acceptors (Lipinski definition) is 4. The van der Waals surface area contributed by atoms with Gasteiger partial charge in [0, 0.05) is 50.6 Å². The summed E-state index contributed by atoms with van der Waals surface area (Å²) in [6.07, 6.45) is 5.95. The molecule has 1 amide bonds. The van der Waals surface area contributed by atoms with Crippen molar-refractivity contribution in [1.29, 1.82) is 0 Å². The lowest BCUT2D eigenvalue weighted by Crippen LogP contribution is -2.23. The second-order valence-electron chi connectivity index (χ2n) is 7.17. The van der Waals surface area contributed by atoms with Crippen molar-refractivity contribution in [3.63, 3.8) is 0 Å². The Morgan fingerprint density at radius 1 is 1.29 bits per heavy atom. The van der Waals surface area contributed by atoms with Crippen LogP contribution < -0.4 is 10.6 Å². The summed E-state index contributed by atoms with van der Waals surface area (Å²) in [5, 5.41) is 11.0. The molecule has 0 aliphatic carbocycles. The highest BCUT2D eigenvalue weighted by atomic mass is 16.1. The van der Waals surface area contributed by atoms with Gasteiger partial charge in [0.1, 0.15) is 5.82 Å². The number of carbonyl (C=O) groups is 1. The van der Waals surface area contributed by atoms with Gasteiger partial charge in [-0.2, -0.15) is 5.10 Å². The molecule has 3 heterocycles. The van der Waals surface area contributed by atoms with E-state index in [1.54, 1.807) is 6.20 Å². The number of aryl methyl sites for hydroxylation is 3. The maximum absolute atomic E-state index is 12.2. The lowest BCUT2D eigenvalue weighted by molar-refractivity contribution is -0.121. The minimum Gasteiger partial charge on any atom is -0.352 e. The van der Waals surface area contributed by atoms with Crippen molar-refractivity contribution in [1.82, 2.24) is 30.0 Å². The zero-order valence-corrected chi connectivity index (χ0v) is 16.2. The monoisotopic (exact) mass is 378 g/mol. The molecule has 1 aliphatic heterocycles. The minimum atomic E-state index is 0.0517. The third kappa shape index (κ3) is 4.31. The number of imidazole rings is 1. The molecule has 1 aromatic carbocycles. The van der Waals surface area contributed by atoms with Gasteiger partial charge in [-0.25, -0.2) is 4.98 Å². The molecule has 0 atom stereocenters. The van der Waals surface area contributed by atoms with Crippen LogP contribution in [0.3, 0.4) is 0 Å². The van der Waals surface area contributed by atoms with Crippen molar-refractivity contribution in [2.75, 3.05) is 6.54 Å². The van der Waals surface area contributed by atoms with Crippen LogP contribution in [0.1, 0.15) is 35.6 Å². The summed E-state index contributed by atoms with van der Waals surface area (Å²) in [7, 11) is 0. The maximum Gasteiger partial charge on any atom is 0.220 e. The number of amides is 1. The molecule has 0 fully saturated rings. The van der Waals surface area contributed by atoms with Crippen molar-refractivity contribution < 1.29 is 4.79 Å². The van der Waals surface area contributed by atoms with Crippen LogP contribution in [0.25, 0.3) is 5.69 Å². The summed E-state index contributed by atoms with van der Waals surface area (Å²) < 4.78 is 4.10. The molecule has 2 aromatic heterocycles. The Hall–Kier alpha value is -2.93. The van der Waals surface area contributed by atoms with E-state index in [1.807, 2.05) is 42.0 Å². The fourth-order valence-corrected chi connectivity index (χ4v) is 3.50. The Morgan fingerprint density at radius 3 is 2.93 bits per heavy atom. The number of nitrogens with zero attached hydrogens (tertiary/aromatic N) is 4. The Morgan fingerprint density at radius 2 is 2.14 bits per heavy atom. The van der Waals surface area contributed by atoms with Gasteiger partial charge in [0.2, 0.25) is 5.91 Å². The number of nitrogens with one attached hydrogen (secondary N) is 2. The van der Waals surface area contributed by atoms with Crippen molar-refractivity contribution in [3.8, 4) is 5.69 Å². The van der Waals surface area contributed by atoms with Crippen LogP contribution in [0.5, 0.6) is 0 Å². The quantitative estimate of drug-likeness (QED) is 0.689. The third-order valence-electron chi connectivity index (χ3n) is 5.08. The summed E-state index contributed by atoms with van der Waals surface area (Å²) in [5.74, 6) is 1.00. The molecule has 0 saturated heterocycles. The molecule has 4 rings (SSSR count). The number of aromatic nitrogens is 4. The molecule has 146 valence electrons. The van der Waals surface area contributed by atoms with E-state index in [0.29, 0.717) is 19.4 Å². The first-order valence-electron chi connectivity index (χ1n) is 9.81. The molecular weight excluding hydrogens is 352 g/mol. The zero-order valence-electron chi connectivity index (χ0n) is 16.2. The Kier molecular flexibility index (Phi) is 5.53. The van der Waals surface area contributed by atoms with Gasteiger partial charge in [-0.1, -0.05) is 12.1 Å². The van der Waals surface area contributed by atoms with Crippen LogP contribution >= 0.6 is 0 Å². The standard InChI is InChI=1S/C21H26N6O/c1-16-23-10-12-26(16)19-6-3-17(4-7-19)14-24-21(28)8-5-18-13-20-15-22-9-2-11-27(20)25-18/h3-4,6-7,10,12-13,22H,2,5,8-9,11,14-15H2,1H3,(H,24,28).